The number of benzene rings is 1. The van der Waals surface area contributed by atoms with Crippen LogP contribution in [0.25, 0.3) is 11.4 Å². The molecule has 1 fully saturated rings. The molecule has 3 rings (SSSR count). The molecule has 1 aliphatic rings. The molecule has 2 aromatic rings. The van der Waals surface area contributed by atoms with Crippen LogP contribution in [0.2, 0.25) is 5.15 Å². The molecule has 0 saturated carbocycles. The summed E-state index contributed by atoms with van der Waals surface area (Å²) in [5, 5.41) is 0.609. The van der Waals surface area contributed by atoms with E-state index in [1.807, 2.05) is 25.2 Å². The summed E-state index contributed by atoms with van der Waals surface area (Å²) < 4.78 is 2.10. The second-order valence-corrected chi connectivity index (χ2v) is 5.03. The molecule has 3 nitrogen and oxygen atoms in total. The Morgan fingerprint density at radius 3 is 2.44 bits per heavy atom. The van der Waals surface area contributed by atoms with Crippen LogP contribution in [0, 0.1) is 0 Å². The van der Waals surface area contributed by atoms with Gasteiger partial charge in [0.1, 0.15) is 11.6 Å². The van der Waals surface area contributed by atoms with Crippen LogP contribution in [0.4, 0.5) is 5.82 Å². The van der Waals surface area contributed by atoms with Crippen molar-refractivity contribution in [2.45, 2.75) is 12.8 Å². The van der Waals surface area contributed by atoms with Gasteiger partial charge in [0.25, 0.3) is 0 Å². The third-order valence-electron chi connectivity index (χ3n) is 3.46. The van der Waals surface area contributed by atoms with Crippen molar-refractivity contribution in [1.29, 1.82) is 0 Å². The standard InChI is InChI=1S/C14H16ClN3/c1-17-13(11-7-3-2-4-8-11)16-12(15)14(17)18-9-5-6-10-18/h2-4,7-8H,5-6,9-10H2,1H3. The number of anilines is 1. The van der Waals surface area contributed by atoms with Gasteiger partial charge < -0.3 is 9.47 Å². The SMILES string of the molecule is Cn1c(-c2ccccc2)nc(Cl)c1N1CCCC1. The first-order chi connectivity index (χ1) is 8.77. The Hall–Kier alpha value is -1.48. The van der Waals surface area contributed by atoms with Gasteiger partial charge in [0.2, 0.25) is 0 Å². The van der Waals surface area contributed by atoms with Crippen molar-refractivity contribution < 1.29 is 0 Å². The predicted molar refractivity (Wildman–Crippen MR) is 75.1 cm³/mol. The van der Waals surface area contributed by atoms with Gasteiger partial charge in [0.05, 0.1) is 0 Å². The summed E-state index contributed by atoms with van der Waals surface area (Å²) in [5.74, 6) is 1.98. The minimum Gasteiger partial charge on any atom is -0.355 e. The van der Waals surface area contributed by atoms with Crippen molar-refractivity contribution in [1.82, 2.24) is 9.55 Å². The molecule has 1 saturated heterocycles. The average Bonchev–Trinajstić information content (AvgIpc) is 2.99. The maximum Gasteiger partial charge on any atom is 0.172 e. The molecule has 18 heavy (non-hydrogen) atoms. The average molecular weight is 262 g/mol. The molecule has 2 heterocycles. The second-order valence-electron chi connectivity index (χ2n) is 4.67. The van der Waals surface area contributed by atoms with Crippen molar-refractivity contribution in [3.8, 4) is 11.4 Å². The van der Waals surface area contributed by atoms with Gasteiger partial charge in [-0.05, 0) is 12.8 Å². The van der Waals surface area contributed by atoms with Crippen LogP contribution in [0.5, 0.6) is 0 Å². The molecule has 4 heteroatoms. The molecule has 0 bridgehead atoms. The molecule has 1 aromatic carbocycles. The summed E-state index contributed by atoms with van der Waals surface area (Å²) >= 11 is 6.31. The van der Waals surface area contributed by atoms with E-state index >= 15 is 0 Å². The Morgan fingerprint density at radius 1 is 1.11 bits per heavy atom. The van der Waals surface area contributed by atoms with E-state index < -0.39 is 0 Å². The van der Waals surface area contributed by atoms with Crippen LogP contribution in [-0.2, 0) is 7.05 Å². The van der Waals surface area contributed by atoms with E-state index in [1.165, 1.54) is 12.8 Å². The summed E-state index contributed by atoms with van der Waals surface area (Å²) in [7, 11) is 2.04. The molecule has 1 aromatic heterocycles. The van der Waals surface area contributed by atoms with Crippen molar-refractivity contribution in [3.05, 3.63) is 35.5 Å². The minimum absolute atomic E-state index is 0.609. The van der Waals surface area contributed by atoms with Crippen LogP contribution in [0.1, 0.15) is 12.8 Å². The van der Waals surface area contributed by atoms with Crippen LogP contribution in [0.3, 0.4) is 0 Å². The highest BCUT2D eigenvalue weighted by Crippen LogP contribution is 2.32. The van der Waals surface area contributed by atoms with Crippen LogP contribution < -0.4 is 4.90 Å². The van der Waals surface area contributed by atoms with Crippen LogP contribution >= 0.6 is 11.6 Å². The Balaban J connectivity index is 2.05. The minimum atomic E-state index is 0.609. The Morgan fingerprint density at radius 2 is 1.78 bits per heavy atom. The number of hydrogen-bond donors (Lipinski definition) is 0. The van der Waals surface area contributed by atoms with Gasteiger partial charge in [-0.2, -0.15) is 0 Å². The summed E-state index contributed by atoms with van der Waals surface area (Å²) in [4.78, 5) is 6.83. The fraction of sp³-hybridized carbons (Fsp3) is 0.357. The zero-order chi connectivity index (χ0) is 12.5. The number of hydrogen-bond acceptors (Lipinski definition) is 2. The smallest absolute Gasteiger partial charge is 0.172 e. The van der Waals surface area contributed by atoms with Gasteiger partial charge in [-0.15, -0.1) is 0 Å². The van der Waals surface area contributed by atoms with Gasteiger partial charge in [0.15, 0.2) is 5.15 Å². The quantitative estimate of drug-likeness (QED) is 0.827. The first-order valence-electron chi connectivity index (χ1n) is 6.30. The highest BCUT2D eigenvalue weighted by Gasteiger charge is 2.22. The van der Waals surface area contributed by atoms with Crippen LogP contribution in [0.15, 0.2) is 30.3 Å². The van der Waals surface area contributed by atoms with Gasteiger partial charge in [-0.25, -0.2) is 4.98 Å². The molecular weight excluding hydrogens is 246 g/mol. The largest absolute Gasteiger partial charge is 0.355 e. The third kappa shape index (κ3) is 1.89. The molecule has 0 unspecified atom stereocenters. The van der Waals surface area contributed by atoms with Crippen molar-refractivity contribution in [2.24, 2.45) is 7.05 Å². The molecule has 0 spiro atoms. The monoisotopic (exact) mass is 261 g/mol. The summed E-state index contributed by atoms with van der Waals surface area (Å²) in [6.45, 7) is 2.15. The molecule has 1 aliphatic heterocycles. The van der Waals surface area contributed by atoms with E-state index in [2.05, 4.69) is 26.6 Å². The molecule has 0 aliphatic carbocycles. The van der Waals surface area contributed by atoms with Crippen LogP contribution in [-0.4, -0.2) is 22.6 Å². The summed E-state index contributed by atoms with van der Waals surface area (Å²) in [6, 6.07) is 10.2. The number of rotatable bonds is 2. The zero-order valence-electron chi connectivity index (χ0n) is 10.4. The fourth-order valence-electron chi connectivity index (χ4n) is 2.57. The van der Waals surface area contributed by atoms with Gasteiger partial charge in [-0.3, -0.25) is 0 Å². The first-order valence-corrected chi connectivity index (χ1v) is 6.68. The lowest BCUT2D eigenvalue weighted by Crippen LogP contribution is -2.20. The van der Waals surface area contributed by atoms with Gasteiger partial charge >= 0.3 is 0 Å². The Bertz CT molecular complexity index is 542. The summed E-state index contributed by atoms with van der Waals surface area (Å²) in [6.07, 6.45) is 2.48. The predicted octanol–water partition coefficient (Wildman–Crippen LogP) is 3.34. The van der Waals surface area contributed by atoms with Gasteiger partial charge in [0, 0.05) is 25.7 Å². The lowest BCUT2D eigenvalue weighted by Gasteiger charge is -2.18. The Kier molecular flexibility index (Phi) is 3.00. The molecule has 0 N–H and O–H groups in total. The number of aromatic nitrogens is 2. The lowest BCUT2D eigenvalue weighted by atomic mass is 10.2. The number of halogens is 1. The maximum absolute atomic E-state index is 6.31. The molecule has 0 atom stereocenters. The maximum atomic E-state index is 6.31. The normalized spacial score (nSPS) is 15.3. The van der Waals surface area contributed by atoms with E-state index in [0.717, 1.165) is 30.3 Å². The lowest BCUT2D eigenvalue weighted by molar-refractivity contribution is 0.845. The van der Waals surface area contributed by atoms with Gasteiger partial charge in [-0.1, -0.05) is 41.9 Å². The molecule has 94 valence electrons. The van der Waals surface area contributed by atoms with E-state index in [9.17, 15) is 0 Å². The summed E-state index contributed by atoms with van der Waals surface area (Å²) in [5.41, 5.74) is 1.10. The first kappa shape index (κ1) is 11.6. The topological polar surface area (TPSA) is 21.1 Å². The van der Waals surface area contributed by atoms with E-state index in [-0.39, 0.29) is 0 Å². The third-order valence-corrected chi connectivity index (χ3v) is 3.72. The van der Waals surface area contributed by atoms with E-state index in [4.69, 9.17) is 11.6 Å². The highest BCUT2D eigenvalue weighted by molar-refractivity contribution is 6.32. The van der Waals surface area contributed by atoms with Crippen molar-refractivity contribution in [3.63, 3.8) is 0 Å². The van der Waals surface area contributed by atoms with Crippen molar-refractivity contribution >= 4 is 17.4 Å². The number of nitrogens with zero attached hydrogens (tertiary/aromatic N) is 3. The zero-order valence-corrected chi connectivity index (χ0v) is 11.2. The van der Waals surface area contributed by atoms with Crippen molar-refractivity contribution in [2.75, 3.05) is 18.0 Å². The second kappa shape index (κ2) is 4.65. The fourth-order valence-corrected chi connectivity index (χ4v) is 2.90. The molecule has 0 radical (unpaired) electrons. The van der Waals surface area contributed by atoms with E-state index in [1.54, 1.807) is 0 Å². The molecular formula is C14H16ClN3. The Labute approximate surface area is 112 Å². The number of imidazole rings is 1. The highest BCUT2D eigenvalue weighted by atomic mass is 35.5. The van der Waals surface area contributed by atoms with E-state index in [0.29, 0.717) is 5.15 Å². The molecule has 0 amide bonds.